The number of hydrogen-bond donors (Lipinski definition) is 1. The molecule has 0 radical (unpaired) electrons. The summed E-state index contributed by atoms with van der Waals surface area (Å²) in [4.78, 5) is 10.9. The molecule has 1 N–H and O–H groups in total. The van der Waals surface area contributed by atoms with E-state index in [1.54, 1.807) is 5.32 Å². The van der Waals surface area contributed by atoms with Crippen LogP contribution < -0.4 is 9.50 Å². The third-order valence-corrected chi connectivity index (χ3v) is 4.48. The smallest absolute Gasteiger partial charge is 0.376 e. The number of benzene rings is 1. The van der Waals surface area contributed by atoms with Crippen LogP contribution in [0.1, 0.15) is 17.5 Å². The molecule has 1 atom stereocenters. The average Bonchev–Trinajstić information content (AvgIpc) is 2.44. The number of rotatable bonds is 3. The van der Waals surface area contributed by atoms with Gasteiger partial charge >= 0.3 is 27.7 Å². The second-order valence-electron chi connectivity index (χ2n) is 5.29. The highest BCUT2D eigenvalue weighted by atomic mass is 32.2. The van der Waals surface area contributed by atoms with Gasteiger partial charge < -0.3 is 9.50 Å². The van der Waals surface area contributed by atoms with Crippen LogP contribution in [0.2, 0.25) is 0 Å². The molecule has 1 aromatic carbocycles. The highest BCUT2D eigenvalue weighted by molar-refractivity contribution is 7.88. The van der Waals surface area contributed by atoms with E-state index < -0.39 is 39.5 Å². The first-order chi connectivity index (χ1) is 11.3. The van der Waals surface area contributed by atoms with Crippen LogP contribution in [0.25, 0.3) is 0 Å². The van der Waals surface area contributed by atoms with Crippen molar-refractivity contribution in [1.82, 2.24) is 5.32 Å². The lowest BCUT2D eigenvalue weighted by Gasteiger charge is -2.27. The van der Waals surface area contributed by atoms with Gasteiger partial charge in [-0.3, -0.25) is 4.79 Å². The van der Waals surface area contributed by atoms with Crippen LogP contribution in [0.15, 0.2) is 18.2 Å². The van der Waals surface area contributed by atoms with E-state index in [0.717, 1.165) is 6.07 Å². The largest absolute Gasteiger partial charge is 0.534 e. The van der Waals surface area contributed by atoms with Crippen LogP contribution in [-0.4, -0.2) is 32.1 Å². The number of carbonyl (C=O) groups is 1. The number of carbonyl (C=O) groups excluding carboxylic acids is 1. The van der Waals surface area contributed by atoms with E-state index in [4.69, 9.17) is 0 Å². The molecule has 0 bridgehead atoms. The molecule has 1 amide bonds. The predicted molar refractivity (Wildman–Crippen MR) is 72.1 cm³/mol. The Morgan fingerprint density at radius 3 is 2.36 bits per heavy atom. The molecule has 1 aliphatic carbocycles. The molecule has 140 valence electrons. The van der Waals surface area contributed by atoms with Gasteiger partial charge in [0.25, 0.3) is 0 Å². The molecule has 12 heteroatoms. The van der Waals surface area contributed by atoms with E-state index in [1.807, 2.05) is 0 Å². The summed E-state index contributed by atoms with van der Waals surface area (Å²) < 4.78 is 100. The summed E-state index contributed by atoms with van der Waals surface area (Å²) in [5.41, 5.74) is -5.16. The minimum absolute atomic E-state index is 0.0126. The lowest BCUT2D eigenvalue weighted by molar-refractivity contribution is -0.174. The molecule has 0 unspecified atom stereocenters. The lowest BCUT2D eigenvalue weighted by atomic mass is 9.87. The third kappa shape index (κ3) is 4.35. The van der Waals surface area contributed by atoms with Gasteiger partial charge in [-0.1, -0.05) is 12.1 Å². The number of nitrogens with one attached hydrogen (secondary N) is 1. The van der Waals surface area contributed by atoms with E-state index >= 15 is 0 Å². The SMILES string of the molecule is O=C(N[C@H]1CCc2c(cccc2OS(=O)(=O)C(F)(F)F)C1)C(F)(F)F. The zero-order valence-electron chi connectivity index (χ0n) is 12.2. The first-order valence-electron chi connectivity index (χ1n) is 6.80. The maximum absolute atomic E-state index is 12.4. The quantitative estimate of drug-likeness (QED) is 0.488. The number of hydrogen-bond acceptors (Lipinski definition) is 4. The molecule has 0 fully saturated rings. The van der Waals surface area contributed by atoms with Gasteiger partial charge in [-0.15, -0.1) is 0 Å². The highest BCUT2D eigenvalue weighted by Crippen LogP contribution is 2.34. The monoisotopic (exact) mass is 391 g/mol. The van der Waals surface area contributed by atoms with Crippen molar-refractivity contribution in [2.75, 3.05) is 0 Å². The average molecular weight is 391 g/mol. The van der Waals surface area contributed by atoms with Crippen molar-refractivity contribution in [1.29, 1.82) is 0 Å². The van der Waals surface area contributed by atoms with Gasteiger partial charge in [0.2, 0.25) is 0 Å². The van der Waals surface area contributed by atoms with Crippen molar-refractivity contribution in [3.8, 4) is 5.75 Å². The van der Waals surface area contributed by atoms with Crippen LogP contribution in [0.4, 0.5) is 26.3 Å². The van der Waals surface area contributed by atoms with Crippen LogP contribution in [0.5, 0.6) is 5.75 Å². The van der Waals surface area contributed by atoms with Crippen LogP contribution in [0.3, 0.4) is 0 Å². The Bertz CT molecular complexity index is 772. The van der Waals surface area contributed by atoms with Crippen LogP contribution in [-0.2, 0) is 27.8 Å². The minimum atomic E-state index is -5.85. The molecule has 0 saturated carbocycles. The van der Waals surface area contributed by atoms with Crippen molar-refractivity contribution >= 4 is 16.0 Å². The maximum Gasteiger partial charge on any atom is 0.534 e. The lowest BCUT2D eigenvalue weighted by Crippen LogP contribution is -2.45. The number of halogens is 6. The first-order valence-corrected chi connectivity index (χ1v) is 8.21. The van der Waals surface area contributed by atoms with Crippen LogP contribution in [0, 0.1) is 0 Å². The molecule has 0 aromatic heterocycles. The fraction of sp³-hybridized carbons (Fsp3) is 0.462. The Balaban J connectivity index is 2.20. The minimum Gasteiger partial charge on any atom is -0.376 e. The van der Waals surface area contributed by atoms with Crippen molar-refractivity contribution in [3.05, 3.63) is 29.3 Å². The normalized spacial score (nSPS) is 18.4. The van der Waals surface area contributed by atoms with Gasteiger partial charge in [0.15, 0.2) is 0 Å². The molecule has 1 aromatic rings. The highest BCUT2D eigenvalue weighted by Gasteiger charge is 2.49. The molecule has 2 rings (SSSR count). The van der Waals surface area contributed by atoms with E-state index in [1.165, 1.54) is 12.1 Å². The van der Waals surface area contributed by atoms with Gasteiger partial charge in [0, 0.05) is 6.04 Å². The van der Waals surface area contributed by atoms with E-state index in [2.05, 4.69) is 4.18 Å². The van der Waals surface area contributed by atoms with E-state index in [9.17, 15) is 39.6 Å². The molecule has 0 aliphatic heterocycles. The van der Waals surface area contributed by atoms with E-state index in [-0.39, 0.29) is 24.8 Å². The third-order valence-electron chi connectivity index (χ3n) is 3.51. The number of alkyl halides is 6. The van der Waals surface area contributed by atoms with Crippen molar-refractivity contribution in [3.63, 3.8) is 0 Å². The van der Waals surface area contributed by atoms with E-state index in [0.29, 0.717) is 5.56 Å². The van der Waals surface area contributed by atoms with Gasteiger partial charge in [-0.25, -0.2) is 0 Å². The Morgan fingerprint density at radius 2 is 1.80 bits per heavy atom. The van der Waals surface area contributed by atoms with Crippen molar-refractivity contribution in [2.24, 2.45) is 0 Å². The molecular weight excluding hydrogens is 380 g/mol. The standard InChI is InChI=1S/C13H11F6NO4S/c14-12(15,16)11(21)20-8-4-5-9-7(6-8)2-1-3-10(9)24-25(22,23)13(17,18)19/h1-3,8H,4-6H2,(H,20,21)/t8-/m0/s1. The number of fused-ring (bicyclic) bond motifs is 1. The number of amides is 1. The first kappa shape index (κ1) is 19.3. The summed E-state index contributed by atoms with van der Waals surface area (Å²) in [7, 11) is -5.85. The molecule has 0 saturated heterocycles. The van der Waals surface area contributed by atoms with Crippen molar-refractivity contribution < 1.29 is 43.7 Å². The van der Waals surface area contributed by atoms with Gasteiger partial charge in [0.1, 0.15) is 5.75 Å². The summed E-state index contributed by atoms with van der Waals surface area (Å²) in [5, 5.41) is 1.79. The van der Waals surface area contributed by atoms with Crippen LogP contribution >= 0.6 is 0 Å². The molecule has 1 aliphatic rings. The Hall–Kier alpha value is -1.98. The summed E-state index contributed by atoms with van der Waals surface area (Å²) in [6.45, 7) is 0. The molecule has 5 nitrogen and oxygen atoms in total. The topological polar surface area (TPSA) is 72.5 Å². The zero-order valence-corrected chi connectivity index (χ0v) is 13.1. The summed E-state index contributed by atoms with van der Waals surface area (Å²) in [6, 6.07) is 2.77. The summed E-state index contributed by atoms with van der Waals surface area (Å²) in [5.74, 6) is -2.65. The predicted octanol–water partition coefficient (Wildman–Crippen LogP) is 2.45. The van der Waals surface area contributed by atoms with Gasteiger partial charge in [0.05, 0.1) is 0 Å². The maximum atomic E-state index is 12.4. The second kappa shape index (κ2) is 6.39. The zero-order chi connectivity index (χ0) is 19.0. The Morgan fingerprint density at radius 1 is 1.16 bits per heavy atom. The summed E-state index contributed by atoms with van der Waals surface area (Å²) >= 11 is 0. The van der Waals surface area contributed by atoms with Crippen molar-refractivity contribution in [2.45, 2.75) is 37.0 Å². The molecule has 25 heavy (non-hydrogen) atoms. The molecule has 0 spiro atoms. The molecule has 0 heterocycles. The molecular formula is C13H11F6NO4S. The Kier molecular flexibility index (Phi) is 4.94. The fourth-order valence-corrected chi connectivity index (χ4v) is 2.89. The fourth-order valence-electron chi connectivity index (χ4n) is 2.41. The Labute approximate surface area is 138 Å². The van der Waals surface area contributed by atoms with Gasteiger partial charge in [-0.05, 0) is 36.5 Å². The second-order valence-corrected chi connectivity index (χ2v) is 6.83. The summed E-state index contributed by atoms with van der Waals surface area (Å²) in [6.07, 6.45) is -5.21. The van der Waals surface area contributed by atoms with Gasteiger partial charge in [-0.2, -0.15) is 34.8 Å².